The molecule has 0 saturated carbocycles. The molecular formula is C16H23F3N4OS. The molecule has 1 aromatic rings. The molecular weight excluding hydrogens is 353 g/mol. The van der Waals surface area contributed by atoms with Gasteiger partial charge in [-0.2, -0.15) is 13.2 Å². The number of hydrogen-bond donors (Lipinski definition) is 0. The normalized spacial score (nSPS) is 24.1. The molecule has 0 aliphatic carbocycles. The molecule has 1 aromatic heterocycles. The number of rotatable bonds is 7. The van der Waals surface area contributed by atoms with Gasteiger partial charge in [0.05, 0.1) is 12.2 Å². The molecule has 3 heterocycles. The summed E-state index contributed by atoms with van der Waals surface area (Å²) in [6.07, 6.45) is 0.355. The van der Waals surface area contributed by atoms with E-state index in [1.165, 1.54) is 0 Å². The molecule has 5 nitrogen and oxygen atoms in total. The first-order valence-corrected chi connectivity index (χ1v) is 9.58. The molecule has 0 unspecified atom stereocenters. The lowest BCUT2D eigenvalue weighted by molar-refractivity contribution is -0.138. The van der Waals surface area contributed by atoms with Gasteiger partial charge in [-0.05, 0) is 19.3 Å². The summed E-state index contributed by atoms with van der Waals surface area (Å²) in [5.41, 5.74) is -0.803. The van der Waals surface area contributed by atoms with Crippen molar-refractivity contribution >= 4 is 17.9 Å². The van der Waals surface area contributed by atoms with Crippen molar-refractivity contribution in [3.8, 4) is 0 Å². The van der Waals surface area contributed by atoms with Crippen LogP contribution in [0.25, 0.3) is 0 Å². The first-order chi connectivity index (χ1) is 12.0. The Kier molecular flexibility index (Phi) is 6.06. The third kappa shape index (κ3) is 4.38. The number of ether oxygens (including phenoxy) is 1. The van der Waals surface area contributed by atoms with E-state index in [9.17, 15) is 13.2 Å². The molecule has 3 rings (SSSR count). The van der Waals surface area contributed by atoms with E-state index in [2.05, 4.69) is 26.1 Å². The van der Waals surface area contributed by atoms with Gasteiger partial charge < -0.3 is 9.64 Å². The Labute approximate surface area is 150 Å². The number of aromatic nitrogens is 2. The van der Waals surface area contributed by atoms with Crippen molar-refractivity contribution in [3.63, 3.8) is 0 Å². The Morgan fingerprint density at radius 1 is 1.16 bits per heavy atom. The van der Waals surface area contributed by atoms with Crippen molar-refractivity contribution in [2.24, 2.45) is 0 Å². The van der Waals surface area contributed by atoms with Crippen molar-refractivity contribution in [1.82, 2.24) is 14.3 Å². The molecule has 2 aliphatic rings. The van der Waals surface area contributed by atoms with E-state index in [0.717, 1.165) is 63.7 Å². The zero-order valence-electron chi connectivity index (χ0n) is 14.2. The summed E-state index contributed by atoms with van der Waals surface area (Å²) < 4.78 is 45.8. The number of fused-ring (bicyclic) bond motifs is 1. The van der Waals surface area contributed by atoms with E-state index in [0.29, 0.717) is 12.0 Å². The van der Waals surface area contributed by atoms with Crippen molar-refractivity contribution in [2.75, 3.05) is 37.0 Å². The largest absolute Gasteiger partial charge is 0.419 e. The second-order valence-corrected chi connectivity index (χ2v) is 7.40. The summed E-state index contributed by atoms with van der Waals surface area (Å²) in [5.74, 6) is 1.33. The number of halogens is 3. The standard InChI is InChI=1S/C16H23F3N4OS/c1-2-7-24-8-9-25-23-6-4-13-14(23)3-5-22(13)15-20-10-12(11-21-15)16(17,18)19/h10-11,13-14H,2-9H2,1H3/t13-,14-/m1/s1. The minimum Gasteiger partial charge on any atom is -0.381 e. The van der Waals surface area contributed by atoms with Crippen LogP contribution >= 0.6 is 11.9 Å². The number of nitrogens with zero attached hydrogens (tertiary/aromatic N) is 4. The highest BCUT2D eigenvalue weighted by Crippen LogP contribution is 2.37. The highest BCUT2D eigenvalue weighted by atomic mass is 32.2. The third-order valence-corrected chi connectivity index (χ3v) is 5.72. The van der Waals surface area contributed by atoms with Crippen molar-refractivity contribution in [3.05, 3.63) is 18.0 Å². The maximum absolute atomic E-state index is 12.6. The van der Waals surface area contributed by atoms with Gasteiger partial charge in [0.1, 0.15) is 0 Å². The first kappa shape index (κ1) is 18.7. The first-order valence-electron chi connectivity index (χ1n) is 8.64. The van der Waals surface area contributed by atoms with Gasteiger partial charge in [0.15, 0.2) is 0 Å². The van der Waals surface area contributed by atoms with E-state index >= 15 is 0 Å². The molecule has 140 valence electrons. The highest BCUT2D eigenvalue weighted by Gasteiger charge is 2.44. The van der Waals surface area contributed by atoms with Gasteiger partial charge in [0, 0.05) is 49.9 Å². The number of hydrogen-bond acceptors (Lipinski definition) is 6. The van der Waals surface area contributed by atoms with Gasteiger partial charge in [-0.3, -0.25) is 0 Å². The maximum Gasteiger partial charge on any atom is 0.419 e. The van der Waals surface area contributed by atoms with Gasteiger partial charge in [-0.1, -0.05) is 18.9 Å². The number of anilines is 1. The fourth-order valence-electron chi connectivity index (χ4n) is 3.43. The lowest BCUT2D eigenvalue weighted by atomic mass is 10.1. The van der Waals surface area contributed by atoms with Gasteiger partial charge >= 0.3 is 6.18 Å². The highest BCUT2D eigenvalue weighted by molar-refractivity contribution is 7.97. The molecule has 2 atom stereocenters. The van der Waals surface area contributed by atoms with Crippen molar-refractivity contribution in [2.45, 2.75) is 44.4 Å². The van der Waals surface area contributed by atoms with E-state index in [-0.39, 0.29) is 6.04 Å². The van der Waals surface area contributed by atoms with E-state index in [4.69, 9.17) is 4.74 Å². The molecule has 2 fully saturated rings. The molecule has 2 aliphatic heterocycles. The van der Waals surface area contributed by atoms with Gasteiger partial charge in [0.25, 0.3) is 0 Å². The summed E-state index contributed by atoms with van der Waals surface area (Å²) in [6, 6.07) is 0.683. The predicted molar refractivity (Wildman–Crippen MR) is 91.5 cm³/mol. The SMILES string of the molecule is CCCOCCSN1CC[C@@H]2[C@H]1CCN2c1ncc(C(F)(F)F)cn1. The Bertz CT molecular complexity index is 557. The van der Waals surface area contributed by atoms with E-state index < -0.39 is 11.7 Å². The minimum absolute atomic E-state index is 0.279. The van der Waals surface area contributed by atoms with Crippen LogP contribution in [0.5, 0.6) is 0 Å². The van der Waals surface area contributed by atoms with Crippen LogP contribution in [0.15, 0.2) is 12.4 Å². The Morgan fingerprint density at radius 3 is 2.56 bits per heavy atom. The topological polar surface area (TPSA) is 41.5 Å². The lowest BCUT2D eigenvalue weighted by Gasteiger charge is -2.25. The lowest BCUT2D eigenvalue weighted by Crippen LogP contribution is -2.35. The maximum atomic E-state index is 12.6. The van der Waals surface area contributed by atoms with Gasteiger partial charge in [-0.25, -0.2) is 14.3 Å². The molecule has 25 heavy (non-hydrogen) atoms. The van der Waals surface area contributed by atoms with Crippen LogP contribution in [0.4, 0.5) is 19.1 Å². The quantitative estimate of drug-likeness (QED) is 0.538. The second kappa shape index (κ2) is 8.09. The zero-order chi connectivity index (χ0) is 17.9. The van der Waals surface area contributed by atoms with Crippen LogP contribution in [-0.4, -0.2) is 58.4 Å². The fourth-order valence-corrected chi connectivity index (χ4v) is 4.53. The molecule has 0 bridgehead atoms. The minimum atomic E-state index is -4.40. The van der Waals surface area contributed by atoms with E-state index in [1.807, 2.05) is 0 Å². The molecule has 0 aromatic carbocycles. The number of alkyl halides is 3. The molecule has 0 spiro atoms. The molecule has 9 heteroatoms. The average molecular weight is 376 g/mol. The second-order valence-electron chi connectivity index (χ2n) is 6.26. The smallest absolute Gasteiger partial charge is 0.381 e. The van der Waals surface area contributed by atoms with Gasteiger partial charge in [-0.15, -0.1) is 0 Å². The Hall–Kier alpha value is -1.06. The van der Waals surface area contributed by atoms with Crippen LogP contribution in [0, 0.1) is 0 Å². The Balaban J connectivity index is 1.55. The van der Waals surface area contributed by atoms with Crippen LogP contribution in [-0.2, 0) is 10.9 Å². The average Bonchev–Trinajstić information content (AvgIpc) is 3.16. The Morgan fingerprint density at radius 2 is 1.88 bits per heavy atom. The molecule has 0 amide bonds. The summed E-state index contributed by atoms with van der Waals surface area (Å²) in [4.78, 5) is 9.97. The summed E-state index contributed by atoms with van der Waals surface area (Å²) in [6.45, 7) is 5.40. The van der Waals surface area contributed by atoms with Crippen molar-refractivity contribution < 1.29 is 17.9 Å². The molecule has 2 saturated heterocycles. The van der Waals surface area contributed by atoms with E-state index in [1.54, 1.807) is 11.9 Å². The monoisotopic (exact) mass is 376 g/mol. The third-order valence-electron chi connectivity index (χ3n) is 4.58. The van der Waals surface area contributed by atoms with Crippen LogP contribution in [0.1, 0.15) is 31.7 Å². The summed E-state index contributed by atoms with van der Waals surface area (Å²) in [5, 5.41) is 0. The zero-order valence-corrected chi connectivity index (χ0v) is 15.0. The van der Waals surface area contributed by atoms with Crippen LogP contribution < -0.4 is 4.90 Å². The molecule has 0 radical (unpaired) electrons. The summed E-state index contributed by atoms with van der Waals surface area (Å²) >= 11 is 1.81. The molecule has 0 N–H and O–H groups in total. The van der Waals surface area contributed by atoms with Gasteiger partial charge in [0.2, 0.25) is 5.95 Å². The predicted octanol–water partition coefficient (Wildman–Crippen LogP) is 3.22. The fraction of sp³-hybridized carbons (Fsp3) is 0.750. The van der Waals surface area contributed by atoms with Crippen LogP contribution in [0.3, 0.4) is 0 Å². The van der Waals surface area contributed by atoms with Crippen LogP contribution in [0.2, 0.25) is 0 Å². The summed E-state index contributed by atoms with van der Waals surface area (Å²) in [7, 11) is 0. The van der Waals surface area contributed by atoms with Crippen molar-refractivity contribution in [1.29, 1.82) is 0 Å².